The van der Waals surface area contributed by atoms with Crippen LogP contribution in [0, 0.1) is 6.92 Å². The molecule has 0 amide bonds. The van der Waals surface area contributed by atoms with Gasteiger partial charge in [0.25, 0.3) is 5.56 Å². The molecule has 11 heteroatoms. The Balaban J connectivity index is 1.77. The van der Waals surface area contributed by atoms with Crippen molar-refractivity contribution in [1.82, 2.24) is 9.55 Å². The van der Waals surface area contributed by atoms with E-state index < -0.39 is 37.5 Å². The van der Waals surface area contributed by atoms with Crippen molar-refractivity contribution >= 4 is 19.4 Å². The lowest BCUT2D eigenvalue weighted by molar-refractivity contribution is -0.00807. The number of nitrogens with zero attached hydrogens (tertiary/aromatic N) is 1. The molecule has 2 aromatic rings. The van der Waals surface area contributed by atoms with Crippen LogP contribution < -0.4 is 15.8 Å². The number of aryl methyl sites for hydroxylation is 1. The number of para-hydroxylation sites is 1. The first-order chi connectivity index (χ1) is 12.8. The van der Waals surface area contributed by atoms with Crippen molar-refractivity contribution in [2.24, 2.45) is 0 Å². The molecule has 9 nitrogen and oxygen atoms in total. The summed E-state index contributed by atoms with van der Waals surface area (Å²) in [5, 5.41) is 0. The molecule has 27 heavy (non-hydrogen) atoms. The zero-order valence-electron chi connectivity index (χ0n) is 14.3. The molecule has 1 fully saturated rings. The number of benzene rings is 1. The minimum atomic E-state index is -4.45. The van der Waals surface area contributed by atoms with E-state index in [1.54, 1.807) is 25.1 Å². The predicted octanol–water partition coefficient (Wildman–Crippen LogP) is 1.94. The molecular weight excluding hydrogens is 399 g/mol. The zero-order chi connectivity index (χ0) is 19.6. The summed E-state index contributed by atoms with van der Waals surface area (Å²) in [6, 6.07) is 8.07. The molecule has 1 aromatic heterocycles. The lowest BCUT2D eigenvalue weighted by Gasteiger charge is -2.19. The van der Waals surface area contributed by atoms with E-state index in [1.165, 1.54) is 22.9 Å². The molecule has 0 aliphatic carbocycles. The number of phosphoric acid groups is 1. The summed E-state index contributed by atoms with van der Waals surface area (Å²) in [5.74, 6) is 0.151. The molecule has 1 aromatic carbocycles. The number of aromatic nitrogens is 2. The lowest BCUT2D eigenvalue weighted by Crippen LogP contribution is -2.33. The van der Waals surface area contributed by atoms with E-state index in [1.807, 2.05) is 0 Å². The number of hydrogen-bond acceptors (Lipinski definition) is 6. The third-order valence-electron chi connectivity index (χ3n) is 4.02. The molecule has 2 N–H and O–H groups in total. The minimum Gasteiger partial charge on any atom is -0.404 e. The molecule has 2 heterocycles. The summed E-state index contributed by atoms with van der Waals surface area (Å²) in [6.07, 6.45) is -0.996. The van der Waals surface area contributed by atoms with Crippen LogP contribution in [0.4, 0.5) is 0 Å². The Kier molecular flexibility index (Phi) is 5.88. The van der Waals surface area contributed by atoms with E-state index >= 15 is 0 Å². The quantitative estimate of drug-likeness (QED) is 0.545. The number of aromatic amines is 1. The van der Waals surface area contributed by atoms with E-state index in [4.69, 9.17) is 25.4 Å². The summed E-state index contributed by atoms with van der Waals surface area (Å²) in [5.41, 5.74) is -0.824. The second-order valence-corrected chi connectivity index (χ2v) is 7.65. The van der Waals surface area contributed by atoms with E-state index in [-0.39, 0.29) is 18.1 Å². The van der Waals surface area contributed by atoms with Gasteiger partial charge in [0, 0.05) is 18.2 Å². The van der Waals surface area contributed by atoms with Gasteiger partial charge in [0.1, 0.15) is 24.2 Å². The van der Waals surface area contributed by atoms with Crippen LogP contribution in [-0.4, -0.2) is 32.5 Å². The van der Waals surface area contributed by atoms with Crippen LogP contribution in [0.5, 0.6) is 5.75 Å². The highest BCUT2D eigenvalue weighted by Crippen LogP contribution is 2.48. The lowest BCUT2D eigenvalue weighted by atomic mass is 10.2. The van der Waals surface area contributed by atoms with Crippen LogP contribution in [0.15, 0.2) is 46.1 Å². The van der Waals surface area contributed by atoms with E-state index in [0.717, 1.165) is 0 Å². The van der Waals surface area contributed by atoms with Gasteiger partial charge < -0.3 is 9.26 Å². The Morgan fingerprint density at radius 2 is 2.07 bits per heavy atom. The maximum Gasteiger partial charge on any atom is 0.527 e. The monoisotopic (exact) mass is 416 g/mol. The third kappa shape index (κ3) is 4.69. The highest BCUT2D eigenvalue weighted by Gasteiger charge is 2.42. The molecule has 1 unspecified atom stereocenters. The first-order valence-electron chi connectivity index (χ1n) is 8.08. The van der Waals surface area contributed by atoms with Gasteiger partial charge in [-0.3, -0.25) is 23.8 Å². The normalized spacial score (nSPS) is 24.5. The summed E-state index contributed by atoms with van der Waals surface area (Å²) >= 11 is 5.88. The minimum absolute atomic E-state index is 0.0242. The fourth-order valence-electron chi connectivity index (χ4n) is 2.73. The summed E-state index contributed by atoms with van der Waals surface area (Å²) in [6.45, 7) is 1.55. The van der Waals surface area contributed by atoms with E-state index in [0.29, 0.717) is 5.56 Å². The van der Waals surface area contributed by atoms with Gasteiger partial charge in [-0.2, -0.15) is 0 Å². The SMILES string of the molecule is Cc1cn([C@H]2C[C@H](OP(=O)(O)Oc3ccccc3)[C@@H](CCl)O2)c(=O)[nH]c1=O. The van der Waals surface area contributed by atoms with Crippen molar-refractivity contribution < 1.29 is 23.2 Å². The number of hydrogen-bond donors (Lipinski definition) is 2. The number of phosphoric ester groups is 1. The highest BCUT2D eigenvalue weighted by atomic mass is 35.5. The second-order valence-electron chi connectivity index (χ2n) is 6.01. The number of rotatable bonds is 6. The van der Waals surface area contributed by atoms with Gasteiger partial charge in [0.2, 0.25) is 0 Å². The number of H-pyrrole nitrogens is 1. The molecule has 1 aliphatic heterocycles. The first kappa shape index (κ1) is 19.9. The zero-order valence-corrected chi connectivity index (χ0v) is 15.9. The Bertz CT molecular complexity index is 961. The number of nitrogens with one attached hydrogen (secondary N) is 1. The summed E-state index contributed by atoms with van der Waals surface area (Å²) in [4.78, 5) is 35.8. The van der Waals surface area contributed by atoms with E-state index in [2.05, 4.69) is 4.98 Å². The van der Waals surface area contributed by atoms with Crippen LogP contribution in [-0.2, 0) is 13.8 Å². The van der Waals surface area contributed by atoms with Gasteiger partial charge in [0.05, 0.1) is 5.88 Å². The largest absolute Gasteiger partial charge is 0.527 e. The Labute approximate surface area is 159 Å². The standard InChI is InChI=1S/C16H18ClN2O7P/c1-10-9-19(16(21)18-15(10)20)14-7-12(13(8-17)24-14)26-27(22,23)25-11-5-3-2-4-6-11/h2-6,9,12-14H,7-8H2,1H3,(H,22,23)(H,18,20,21)/t12-,13+,14+/m0/s1. The molecule has 0 saturated carbocycles. The van der Waals surface area contributed by atoms with Gasteiger partial charge in [-0.25, -0.2) is 9.36 Å². The van der Waals surface area contributed by atoms with E-state index in [9.17, 15) is 19.0 Å². The first-order valence-corrected chi connectivity index (χ1v) is 10.1. The topological polar surface area (TPSA) is 120 Å². The Morgan fingerprint density at radius 1 is 1.37 bits per heavy atom. The molecule has 1 saturated heterocycles. The van der Waals surface area contributed by atoms with Crippen LogP contribution in [0.25, 0.3) is 0 Å². The molecule has 0 spiro atoms. The average molecular weight is 417 g/mol. The van der Waals surface area contributed by atoms with Crippen molar-refractivity contribution in [3.05, 3.63) is 62.9 Å². The summed E-state index contributed by atoms with van der Waals surface area (Å²) in [7, 11) is -4.45. The number of alkyl halides is 1. The fourth-order valence-corrected chi connectivity index (χ4v) is 4.00. The molecule has 4 atom stereocenters. The van der Waals surface area contributed by atoms with Crippen LogP contribution in [0.2, 0.25) is 0 Å². The van der Waals surface area contributed by atoms with Gasteiger partial charge >= 0.3 is 13.5 Å². The molecule has 1 aliphatic rings. The third-order valence-corrected chi connectivity index (χ3v) is 5.30. The van der Waals surface area contributed by atoms with Crippen molar-refractivity contribution in [1.29, 1.82) is 0 Å². The van der Waals surface area contributed by atoms with Gasteiger partial charge in [-0.1, -0.05) is 18.2 Å². The van der Waals surface area contributed by atoms with Crippen molar-refractivity contribution in [2.75, 3.05) is 5.88 Å². The van der Waals surface area contributed by atoms with Crippen molar-refractivity contribution in [3.63, 3.8) is 0 Å². The van der Waals surface area contributed by atoms with Crippen LogP contribution >= 0.6 is 19.4 Å². The van der Waals surface area contributed by atoms with Crippen LogP contribution in [0.3, 0.4) is 0 Å². The maximum atomic E-state index is 12.3. The number of ether oxygens (including phenoxy) is 1. The van der Waals surface area contributed by atoms with Gasteiger partial charge in [-0.15, -0.1) is 11.6 Å². The molecule has 146 valence electrons. The molecular formula is C16H18ClN2O7P. The van der Waals surface area contributed by atoms with Crippen LogP contribution in [0.1, 0.15) is 18.2 Å². The van der Waals surface area contributed by atoms with Gasteiger partial charge in [0.15, 0.2) is 0 Å². The van der Waals surface area contributed by atoms with Gasteiger partial charge in [-0.05, 0) is 19.1 Å². The fraction of sp³-hybridized carbons (Fsp3) is 0.375. The second kappa shape index (κ2) is 8.00. The summed E-state index contributed by atoms with van der Waals surface area (Å²) < 4.78 is 29.5. The molecule has 0 bridgehead atoms. The van der Waals surface area contributed by atoms with Crippen molar-refractivity contribution in [3.8, 4) is 5.75 Å². The molecule has 3 rings (SSSR count). The molecule has 0 radical (unpaired) electrons. The predicted molar refractivity (Wildman–Crippen MR) is 97.1 cm³/mol. The highest BCUT2D eigenvalue weighted by molar-refractivity contribution is 7.47. The maximum absolute atomic E-state index is 12.3. The average Bonchev–Trinajstić information content (AvgIpc) is 3.00. The number of halogens is 1. The smallest absolute Gasteiger partial charge is 0.404 e. The Hall–Kier alpha value is -1.90. The van der Waals surface area contributed by atoms with Crippen molar-refractivity contribution in [2.45, 2.75) is 31.8 Å². The Morgan fingerprint density at radius 3 is 2.74 bits per heavy atom.